The summed E-state index contributed by atoms with van der Waals surface area (Å²) in [5, 5.41) is 0. The molecule has 1 aliphatic heterocycles. The van der Waals surface area contributed by atoms with Crippen LogP contribution in [0.1, 0.15) is 46.0 Å². The van der Waals surface area contributed by atoms with Crippen molar-refractivity contribution in [1.29, 1.82) is 0 Å². The smallest absolute Gasteiger partial charge is 0.237 e. The number of hydrogen-bond donors (Lipinski definition) is 0. The highest BCUT2D eigenvalue weighted by atomic mass is 19.1. The average molecular weight is 362 g/mol. The lowest BCUT2D eigenvalue weighted by Gasteiger charge is -2.34. The Kier molecular flexibility index (Phi) is 6.52. The Hall–Kier alpha value is -1.62. The molecule has 0 spiro atoms. The van der Waals surface area contributed by atoms with Crippen LogP contribution in [0.15, 0.2) is 24.3 Å². The molecule has 3 rings (SSSR count). The first-order valence-electron chi connectivity index (χ1n) is 10.1. The molecule has 26 heavy (non-hydrogen) atoms. The zero-order valence-corrected chi connectivity index (χ0v) is 16.2. The van der Waals surface area contributed by atoms with E-state index in [9.17, 15) is 9.18 Å². The van der Waals surface area contributed by atoms with Crippen LogP contribution in [0.5, 0.6) is 0 Å². The number of halogens is 1. The third-order valence-electron chi connectivity index (χ3n) is 5.70. The van der Waals surface area contributed by atoms with Gasteiger partial charge in [-0.05, 0) is 57.4 Å². The molecule has 0 unspecified atom stereocenters. The summed E-state index contributed by atoms with van der Waals surface area (Å²) in [5.41, 5.74) is 1.06. The second-order valence-corrected chi connectivity index (χ2v) is 7.93. The number of hydrogen-bond acceptors (Lipinski definition) is 3. The molecular formula is C21H32FN3O. The maximum Gasteiger partial charge on any atom is 0.237 e. The highest BCUT2D eigenvalue weighted by Crippen LogP contribution is 2.25. The molecule has 1 amide bonds. The van der Waals surface area contributed by atoms with Gasteiger partial charge in [-0.25, -0.2) is 4.39 Å². The molecule has 4 nitrogen and oxygen atoms in total. The van der Waals surface area contributed by atoms with Gasteiger partial charge in [0.25, 0.3) is 0 Å². The molecule has 1 heterocycles. The highest BCUT2D eigenvalue weighted by Gasteiger charge is 2.29. The van der Waals surface area contributed by atoms with Crippen LogP contribution < -0.4 is 4.90 Å². The number of nitrogens with zero attached hydrogens (tertiary/aromatic N) is 3. The first-order valence-corrected chi connectivity index (χ1v) is 10.1. The predicted molar refractivity (Wildman–Crippen MR) is 104 cm³/mol. The fourth-order valence-electron chi connectivity index (χ4n) is 4.41. The van der Waals surface area contributed by atoms with Crippen molar-refractivity contribution in [2.75, 3.05) is 37.6 Å². The van der Waals surface area contributed by atoms with Crippen molar-refractivity contribution < 1.29 is 9.18 Å². The number of amides is 1. The lowest BCUT2D eigenvalue weighted by molar-refractivity contribution is -0.136. The Labute approximate surface area is 157 Å². The molecule has 0 bridgehead atoms. The van der Waals surface area contributed by atoms with Crippen LogP contribution in [0.4, 0.5) is 10.1 Å². The van der Waals surface area contributed by atoms with Gasteiger partial charge >= 0.3 is 0 Å². The van der Waals surface area contributed by atoms with Crippen LogP contribution in [0.3, 0.4) is 0 Å². The van der Waals surface area contributed by atoms with Crippen molar-refractivity contribution in [3.05, 3.63) is 30.1 Å². The lowest BCUT2D eigenvalue weighted by Crippen LogP contribution is -2.48. The van der Waals surface area contributed by atoms with E-state index in [-0.39, 0.29) is 17.8 Å². The van der Waals surface area contributed by atoms with E-state index in [1.54, 1.807) is 0 Å². The molecule has 1 aromatic carbocycles. The van der Waals surface area contributed by atoms with Crippen molar-refractivity contribution in [1.82, 2.24) is 9.80 Å². The number of benzene rings is 1. The van der Waals surface area contributed by atoms with E-state index in [1.165, 1.54) is 25.0 Å². The summed E-state index contributed by atoms with van der Waals surface area (Å²) in [6, 6.07) is 7.43. The highest BCUT2D eigenvalue weighted by molar-refractivity contribution is 5.79. The number of rotatable bonds is 5. The van der Waals surface area contributed by atoms with Gasteiger partial charge < -0.3 is 9.80 Å². The largest absolute Gasteiger partial charge is 0.370 e. The number of carbonyl (C=O) groups excluding carboxylic acids is 1. The molecule has 1 aromatic rings. The first-order chi connectivity index (χ1) is 12.5. The van der Waals surface area contributed by atoms with Gasteiger partial charge in [0.2, 0.25) is 5.91 Å². The predicted octanol–water partition coefficient (Wildman–Crippen LogP) is 3.52. The van der Waals surface area contributed by atoms with E-state index in [4.69, 9.17) is 0 Å². The fourth-order valence-corrected chi connectivity index (χ4v) is 4.41. The van der Waals surface area contributed by atoms with Crippen molar-refractivity contribution in [3.8, 4) is 0 Å². The van der Waals surface area contributed by atoms with E-state index in [2.05, 4.69) is 28.5 Å². The maximum atomic E-state index is 13.1. The summed E-state index contributed by atoms with van der Waals surface area (Å²) < 4.78 is 13.1. The summed E-state index contributed by atoms with van der Waals surface area (Å²) in [6.07, 6.45) is 5.83. The Balaban J connectivity index is 1.56. The van der Waals surface area contributed by atoms with Crippen LogP contribution in [0.25, 0.3) is 0 Å². The van der Waals surface area contributed by atoms with E-state index < -0.39 is 0 Å². The summed E-state index contributed by atoms with van der Waals surface area (Å²) >= 11 is 0. The normalized spacial score (nSPS) is 19.8. The van der Waals surface area contributed by atoms with E-state index in [1.807, 2.05) is 12.1 Å². The van der Waals surface area contributed by atoms with Gasteiger partial charge in [0.15, 0.2) is 0 Å². The number of carbonyl (C=O) groups is 1. The van der Waals surface area contributed by atoms with Gasteiger partial charge in [-0.15, -0.1) is 0 Å². The molecular weight excluding hydrogens is 329 g/mol. The maximum absolute atomic E-state index is 13.1. The van der Waals surface area contributed by atoms with Gasteiger partial charge in [0.1, 0.15) is 5.82 Å². The van der Waals surface area contributed by atoms with Gasteiger partial charge in [-0.1, -0.05) is 12.8 Å². The van der Waals surface area contributed by atoms with Crippen molar-refractivity contribution in [2.45, 2.75) is 58.0 Å². The third-order valence-corrected chi connectivity index (χ3v) is 5.70. The second-order valence-electron chi connectivity index (χ2n) is 7.93. The van der Waals surface area contributed by atoms with E-state index >= 15 is 0 Å². The second kappa shape index (κ2) is 8.85. The molecule has 1 saturated heterocycles. The van der Waals surface area contributed by atoms with E-state index in [0.717, 1.165) is 51.1 Å². The van der Waals surface area contributed by atoms with E-state index in [0.29, 0.717) is 12.6 Å². The first kappa shape index (κ1) is 19.2. The topological polar surface area (TPSA) is 26.8 Å². The summed E-state index contributed by atoms with van der Waals surface area (Å²) in [5.74, 6) is 0.0821. The van der Waals surface area contributed by atoms with Crippen LogP contribution in [0, 0.1) is 5.82 Å². The van der Waals surface area contributed by atoms with Crippen molar-refractivity contribution >= 4 is 11.6 Å². The molecule has 1 aliphatic carbocycles. The standard InChI is InChI=1S/C21H32FN3O/c1-17(2)25(20-6-3-4-7-20)21(26)16-23-12-5-13-24(15-14-23)19-10-8-18(22)9-11-19/h8-11,17,20H,3-7,12-16H2,1-2H3. The summed E-state index contributed by atoms with van der Waals surface area (Å²) in [7, 11) is 0. The van der Waals surface area contributed by atoms with Gasteiger partial charge in [-0.2, -0.15) is 0 Å². The van der Waals surface area contributed by atoms with Crippen LogP contribution in [-0.2, 0) is 4.79 Å². The average Bonchev–Trinajstić information content (AvgIpc) is 3.02. The monoisotopic (exact) mass is 361 g/mol. The zero-order valence-electron chi connectivity index (χ0n) is 16.2. The molecule has 0 atom stereocenters. The molecule has 0 aromatic heterocycles. The number of anilines is 1. The van der Waals surface area contributed by atoms with Gasteiger partial charge in [-0.3, -0.25) is 9.69 Å². The molecule has 144 valence electrons. The van der Waals surface area contributed by atoms with Crippen LogP contribution in [0.2, 0.25) is 0 Å². The molecule has 5 heteroatoms. The minimum absolute atomic E-state index is 0.198. The Morgan fingerprint density at radius 2 is 1.77 bits per heavy atom. The Morgan fingerprint density at radius 3 is 2.42 bits per heavy atom. The fraction of sp³-hybridized carbons (Fsp3) is 0.667. The Bertz CT molecular complexity index is 583. The molecule has 0 radical (unpaired) electrons. The van der Waals surface area contributed by atoms with Crippen LogP contribution >= 0.6 is 0 Å². The lowest BCUT2D eigenvalue weighted by atomic mass is 10.1. The summed E-state index contributed by atoms with van der Waals surface area (Å²) in [6.45, 7) is 8.44. The van der Waals surface area contributed by atoms with Gasteiger partial charge in [0.05, 0.1) is 6.54 Å². The minimum atomic E-state index is -0.198. The molecule has 2 aliphatic rings. The zero-order chi connectivity index (χ0) is 18.5. The summed E-state index contributed by atoms with van der Waals surface area (Å²) in [4.78, 5) is 19.7. The SMILES string of the molecule is CC(C)N(C(=O)CN1CCCN(c2ccc(F)cc2)CC1)C1CCCC1. The quantitative estimate of drug-likeness (QED) is 0.803. The molecule has 0 N–H and O–H groups in total. The Morgan fingerprint density at radius 1 is 1.08 bits per heavy atom. The van der Waals surface area contributed by atoms with Gasteiger partial charge in [0, 0.05) is 44.0 Å². The van der Waals surface area contributed by atoms with Crippen LogP contribution in [-0.4, -0.2) is 60.5 Å². The molecule has 1 saturated carbocycles. The minimum Gasteiger partial charge on any atom is -0.370 e. The third kappa shape index (κ3) is 4.76. The van der Waals surface area contributed by atoms with Crippen molar-refractivity contribution in [2.24, 2.45) is 0 Å². The van der Waals surface area contributed by atoms with Crippen molar-refractivity contribution in [3.63, 3.8) is 0 Å². The molecule has 2 fully saturated rings.